The van der Waals surface area contributed by atoms with Crippen molar-refractivity contribution in [3.05, 3.63) is 41.2 Å². The molecule has 84 valence electrons. The van der Waals surface area contributed by atoms with Crippen LogP contribution in [0.5, 0.6) is 0 Å². The lowest BCUT2D eigenvalue weighted by Gasteiger charge is -2.22. The monoisotopic (exact) mass is 251 g/mol. The lowest BCUT2D eigenvalue weighted by molar-refractivity contribution is 0.787. The second-order valence-electron chi connectivity index (χ2n) is 4.28. The second-order valence-corrected chi connectivity index (χ2v) is 6.10. The highest BCUT2D eigenvalue weighted by Crippen LogP contribution is 2.35. The van der Waals surface area contributed by atoms with E-state index in [1.165, 1.54) is 5.56 Å². The van der Waals surface area contributed by atoms with E-state index in [9.17, 15) is 0 Å². The highest BCUT2D eigenvalue weighted by Gasteiger charge is 2.18. The smallest absolute Gasteiger partial charge is 0.129 e. The van der Waals surface area contributed by atoms with Gasteiger partial charge in [0.25, 0.3) is 0 Å². The molecule has 1 heterocycles. The maximum absolute atomic E-state index is 5.86. The van der Waals surface area contributed by atoms with Gasteiger partial charge in [-0.25, -0.2) is 4.98 Å². The zero-order valence-electron chi connectivity index (χ0n) is 9.62. The van der Waals surface area contributed by atoms with Gasteiger partial charge in [-0.2, -0.15) is 11.8 Å². The van der Waals surface area contributed by atoms with Crippen LogP contribution in [-0.2, 0) is 4.75 Å². The number of halogens is 1. The quantitative estimate of drug-likeness (QED) is 0.730. The molecule has 0 unspecified atom stereocenters. The van der Waals surface area contributed by atoms with E-state index < -0.39 is 0 Å². The molecule has 0 N–H and O–H groups in total. The average molecular weight is 252 g/mol. The van der Waals surface area contributed by atoms with Crippen molar-refractivity contribution in [2.45, 2.75) is 18.6 Å². The predicted octanol–water partition coefficient (Wildman–Crippen LogP) is 4.49. The van der Waals surface area contributed by atoms with Crippen LogP contribution in [0, 0.1) is 0 Å². The summed E-state index contributed by atoms with van der Waals surface area (Å²) in [6.45, 7) is 4.45. The van der Waals surface area contributed by atoms with E-state index in [1.807, 2.05) is 24.0 Å². The molecule has 16 heavy (non-hydrogen) atoms. The van der Waals surface area contributed by atoms with Gasteiger partial charge in [0, 0.05) is 16.3 Å². The van der Waals surface area contributed by atoms with Crippen LogP contribution in [0.2, 0.25) is 5.15 Å². The standard InChI is InChI=1S/C13H14ClNS/c1-13(2,16-3)11-5-4-9-7-12(14)15-8-10(9)6-11/h4-8H,1-3H3. The van der Waals surface area contributed by atoms with Gasteiger partial charge in [0.05, 0.1) is 0 Å². The van der Waals surface area contributed by atoms with E-state index in [2.05, 4.69) is 43.3 Å². The molecule has 0 spiro atoms. The Morgan fingerprint density at radius 3 is 2.62 bits per heavy atom. The Morgan fingerprint density at radius 1 is 1.19 bits per heavy atom. The number of thioether (sulfide) groups is 1. The third kappa shape index (κ3) is 2.18. The van der Waals surface area contributed by atoms with Crippen molar-refractivity contribution in [1.82, 2.24) is 4.98 Å². The topological polar surface area (TPSA) is 12.9 Å². The first-order valence-electron chi connectivity index (χ1n) is 5.14. The number of aromatic nitrogens is 1. The number of rotatable bonds is 2. The maximum Gasteiger partial charge on any atom is 0.129 e. The van der Waals surface area contributed by atoms with Gasteiger partial charge in [-0.3, -0.25) is 0 Å². The molecule has 0 radical (unpaired) electrons. The summed E-state index contributed by atoms with van der Waals surface area (Å²) >= 11 is 7.71. The number of pyridine rings is 1. The molecule has 0 amide bonds. The van der Waals surface area contributed by atoms with Crippen molar-refractivity contribution < 1.29 is 0 Å². The Bertz CT molecular complexity index is 522. The molecule has 0 aliphatic rings. The maximum atomic E-state index is 5.86. The lowest BCUT2D eigenvalue weighted by Crippen LogP contribution is -2.10. The molecule has 2 aromatic rings. The minimum atomic E-state index is 0.133. The van der Waals surface area contributed by atoms with Crippen molar-refractivity contribution in [3.8, 4) is 0 Å². The molecule has 3 heteroatoms. The molecule has 0 saturated carbocycles. The zero-order valence-corrected chi connectivity index (χ0v) is 11.2. The van der Waals surface area contributed by atoms with Crippen LogP contribution in [0.1, 0.15) is 19.4 Å². The summed E-state index contributed by atoms with van der Waals surface area (Å²) in [5.41, 5.74) is 1.32. The zero-order chi connectivity index (χ0) is 11.8. The third-order valence-corrected chi connectivity index (χ3v) is 4.36. The third-order valence-electron chi connectivity index (χ3n) is 2.89. The SMILES string of the molecule is CSC(C)(C)c1ccc2cc(Cl)ncc2c1. The highest BCUT2D eigenvalue weighted by atomic mass is 35.5. The van der Waals surface area contributed by atoms with Crippen molar-refractivity contribution in [3.63, 3.8) is 0 Å². The van der Waals surface area contributed by atoms with Crippen LogP contribution < -0.4 is 0 Å². The van der Waals surface area contributed by atoms with E-state index in [4.69, 9.17) is 11.6 Å². The summed E-state index contributed by atoms with van der Waals surface area (Å²) in [4.78, 5) is 4.11. The van der Waals surface area contributed by atoms with E-state index in [0.717, 1.165) is 10.8 Å². The summed E-state index contributed by atoms with van der Waals surface area (Å²) in [5.74, 6) is 0. The lowest BCUT2D eigenvalue weighted by atomic mass is 9.99. The van der Waals surface area contributed by atoms with Crippen LogP contribution in [0.15, 0.2) is 30.5 Å². The number of nitrogens with zero attached hydrogens (tertiary/aromatic N) is 1. The number of hydrogen-bond acceptors (Lipinski definition) is 2. The molecule has 0 aliphatic heterocycles. The van der Waals surface area contributed by atoms with E-state index in [0.29, 0.717) is 5.15 Å². The minimum absolute atomic E-state index is 0.133. The average Bonchev–Trinajstić information content (AvgIpc) is 2.28. The molecular weight excluding hydrogens is 238 g/mol. The molecule has 0 saturated heterocycles. The predicted molar refractivity (Wildman–Crippen MR) is 73.3 cm³/mol. The van der Waals surface area contributed by atoms with E-state index >= 15 is 0 Å². The number of fused-ring (bicyclic) bond motifs is 1. The van der Waals surface area contributed by atoms with Gasteiger partial charge < -0.3 is 0 Å². The van der Waals surface area contributed by atoms with Gasteiger partial charge in [0.2, 0.25) is 0 Å². The summed E-state index contributed by atoms with van der Waals surface area (Å²) in [5, 5.41) is 2.83. The van der Waals surface area contributed by atoms with Crippen LogP contribution in [0.3, 0.4) is 0 Å². The largest absolute Gasteiger partial charge is 0.244 e. The first-order chi connectivity index (χ1) is 7.53. The van der Waals surface area contributed by atoms with Gasteiger partial charge in [0.15, 0.2) is 0 Å². The Hall–Kier alpha value is -0.730. The van der Waals surface area contributed by atoms with Crippen molar-refractivity contribution >= 4 is 34.1 Å². The Balaban J connectivity index is 2.57. The fourth-order valence-corrected chi connectivity index (χ4v) is 2.14. The van der Waals surface area contributed by atoms with Gasteiger partial charge in [0.1, 0.15) is 5.15 Å². The number of benzene rings is 1. The van der Waals surface area contributed by atoms with Crippen molar-refractivity contribution in [1.29, 1.82) is 0 Å². The van der Waals surface area contributed by atoms with Gasteiger partial charge in [-0.1, -0.05) is 23.7 Å². The van der Waals surface area contributed by atoms with Crippen molar-refractivity contribution in [2.75, 3.05) is 6.26 Å². The molecule has 0 fully saturated rings. The molecule has 1 aromatic carbocycles. The number of hydrogen-bond donors (Lipinski definition) is 0. The van der Waals surface area contributed by atoms with Gasteiger partial charge in [-0.05, 0) is 43.2 Å². The molecule has 0 bridgehead atoms. The summed E-state index contributed by atoms with van der Waals surface area (Å²) in [6, 6.07) is 8.35. The van der Waals surface area contributed by atoms with E-state index in [1.54, 1.807) is 0 Å². The Morgan fingerprint density at radius 2 is 1.94 bits per heavy atom. The first-order valence-corrected chi connectivity index (χ1v) is 6.74. The summed E-state index contributed by atoms with van der Waals surface area (Å²) < 4.78 is 0.133. The van der Waals surface area contributed by atoms with E-state index in [-0.39, 0.29) is 4.75 Å². The van der Waals surface area contributed by atoms with Crippen molar-refractivity contribution in [2.24, 2.45) is 0 Å². The fraction of sp³-hybridized carbons (Fsp3) is 0.308. The van der Waals surface area contributed by atoms with Gasteiger partial charge >= 0.3 is 0 Å². The van der Waals surface area contributed by atoms with Crippen LogP contribution in [0.4, 0.5) is 0 Å². The Kier molecular flexibility index (Phi) is 3.13. The normalized spacial score (nSPS) is 12.0. The minimum Gasteiger partial charge on any atom is -0.244 e. The van der Waals surface area contributed by atoms with Gasteiger partial charge in [-0.15, -0.1) is 0 Å². The van der Waals surface area contributed by atoms with Crippen LogP contribution in [0.25, 0.3) is 10.8 Å². The molecule has 1 nitrogen and oxygen atoms in total. The fourth-order valence-electron chi connectivity index (χ4n) is 1.61. The van der Waals surface area contributed by atoms with Crippen LogP contribution in [-0.4, -0.2) is 11.2 Å². The Labute approximate surface area is 105 Å². The molecule has 1 aromatic heterocycles. The molecule has 2 rings (SSSR count). The summed E-state index contributed by atoms with van der Waals surface area (Å²) in [6.07, 6.45) is 3.96. The summed E-state index contributed by atoms with van der Waals surface area (Å²) in [7, 11) is 0. The second kappa shape index (κ2) is 4.27. The molecular formula is C13H14ClNS. The van der Waals surface area contributed by atoms with Crippen LogP contribution >= 0.6 is 23.4 Å². The highest BCUT2D eigenvalue weighted by molar-refractivity contribution is 7.99. The first kappa shape index (κ1) is 11.7. The molecule has 0 atom stereocenters. The molecule has 0 aliphatic carbocycles.